The summed E-state index contributed by atoms with van der Waals surface area (Å²) in [5, 5.41) is 1.42. The summed E-state index contributed by atoms with van der Waals surface area (Å²) in [6.45, 7) is 4.59. The number of nitrogens with zero attached hydrogens (tertiary/aromatic N) is 2. The van der Waals surface area contributed by atoms with Crippen molar-refractivity contribution >= 4 is 40.0 Å². The van der Waals surface area contributed by atoms with Gasteiger partial charge in [0, 0.05) is 29.9 Å². The van der Waals surface area contributed by atoms with Gasteiger partial charge in [-0.2, -0.15) is 0 Å². The van der Waals surface area contributed by atoms with Crippen LogP contribution in [-0.2, 0) is 17.9 Å². The van der Waals surface area contributed by atoms with Gasteiger partial charge in [0.05, 0.1) is 10.9 Å². The van der Waals surface area contributed by atoms with E-state index in [1.54, 1.807) is 4.90 Å². The molecular weight excluding hydrogens is 379 g/mol. The first-order valence-corrected chi connectivity index (χ1v) is 9.75. The van der Waals surface area contributed by atoms with E-state index >= 15 is 0 Å². The summed E-state index contributed by atoms with van der Waals surface area (Å²) in [5.74, 6) is 0.242. The maximum Gasteiger partial charge on any atom is 0.230 e. The number of aromatic nitrogens is 1. The third-order valence-electron chi connectivity index (χ3n) is 4.53. The quantitative estimate of drug-likeness (QED) is 0.393. The Balaban J connectivity index is 1.95. The Morgan fingerprint density at radius 3 is 2.41 bits per heavy atom. The monoisotopic (exact) mass is 400 g/mol. The molecule has 0 N–H and O–H groups in total. The van der Waals surface area contributed by atoms with Gasteiger partial charge in [0.15, 0.2) is 0 Å². The highest BCUT2D eigenvalue weighted by Gasteiger charge is 2.31. The van der Waals surface area contributed by atoms with E-state index in [9.17, 15) is 4.79 Å². The Morgan fingerprint density at radius 1 is 1.04 bits per heavy atom. The molecule has 3 nitrogen and oxygen atoms in total. The summed E-state index contributed by atoms with van der Waals surface area (Å²) < 4.78 is 0. The molecule has 1 amide bonds. The topological polar surface area (TPSA) is 33.2 Å². The second-order valence-corrected chi connectivity index (χ2v) is 7.92. The van der Waals surface area contributed by atoms with Crippen LogP contribution in [0.25, 0.3) is 10.9 Å². The Labute approximate surface area is 169 Å². The van der Waals surface area contributed by atoms with E-state index < -0.39 is 5.41 Å². The van der Waals surface area contributed by atoms with Gasteiger partial charge in [0.2, 0.25) is 5.91 Å². The van der Waals surface area contributed by atoms with Gasteiger partial charge >= 0.3 is 0 Å². The molecule has 0 aliphatic heterocycles. The fourth-order valence-corrected chi connectivity index (χ4v) is 3.26. The number of hydrogen-bond acceptors (Lipinski definition) is 2. The van der Waals surface area contributed by atoms with Crippen molar-refractivity contribution in [3.63, 3.8) is 0 Å². The van der Waals surface area contributed by atoms with Crippen LogP contribution in [0.2, 0.25) is 5.15 Å². The van der Waals surface area contributed by atoms with E-state index in [0.29, 0.717) is 18.2 Å². The highest BCUT2D eigenvalue weighted by Crippen LogP contribution is 2.27. The number of hydrogen-bond donors (Lipinski definition) is 0. The molecule has 1 aromatic heterocycles. The standard InChI is InChI=1S/C22H22Cl2N2O/c1-22(2,15-23)21(27)26(13-16-8-4-3-5-9-16)14-18-12-17-10-6-7-11-19(17)25-20(18)24/h3-12H,13-15H2,1-2H3. The molecule has 0 spiro atoms. The lowest BCUT2D eigenvalue weighted by Gasteiger charge is -2.31. The van der Waals surface area contributed by atoms with Crippen molar-refractivity contribution in [1.82, 2.24) is 9.88 Å². The molecule has 0 saturated carbocycles. The minimum absolute atomic E-state index is 0.00872. The van der Waals surface area contributed by atoms with Gasteiger partial charge in [-0.15, -0.1) is 11.6 Å². The smallest absolute Gasteiger partial charge is 0.230 e. The van der Waals surface area contributed by atoms with Crippen molar-refractivity contribution in [2.45, 2.75) is 26.9 Å². The van der Waals surface area contributed by atoms with E-state index in [0.717, 1.165) is 22.0 Å². The minimum atomic E-state index is -0.660. The van der Waals surface area contributed by atoms with Gasteiger partial charge < -0.3 is 4.90 Å². The first-order valence-electron chi connectivity index (χ1n) is 8.84. The maximum absolute atomic E-state index is 13.2. The predicted octanol–water partition coefficient (Wildman–Crippen LogP) is 5.68. The van der Waals surface area contributed by atoms with Crippen LogP contribution in [0.1, 0.15) is 25.0 Å². The molecule has 0 atom stereocenters. The number of fused-ring (bicyclic) bond motifs is 1. The number of benzene rings is 2. The SMILES string of the molecule is CC(C)(CCl)C(=O)N(Cc1ccccc1)Cc1cc2ccccc2nc1Cl. The van der Waals surface area contributed by atoms with Crippen LogP contribution in [0.15, 0.2) is 60.7 Å². The molecule has 3 rings (SSSR count). The second-order valence-electron chi connectivity index (χ2n) is 7.30. The van der Waals surface area contributed by atoms with Crippen LogP contribution < -0.4 is 0 Å². The summed E-state index contributed by atoms with van der Waals surface area (Å²) in [4.78, 5) is 19.4. The van der Waals surface area contributed by atoms with Gasteiger partial charge in [0.1, 0.15) is 5.15 Å². The molecule has 0 unspecified atom stereocenters. The highest BCUT2D eigenvalue weighted by atomic mass is 35.5. The first-order chi connectivity index (χ1) is 12.9. The first kappa shape index (κ1) is 19.7. The van der Waals surface area contributed by atoms with Crippen LogP contribution in [0.5, 0.6) is 0 Å². The van der Waals surface area contributed by atoms with Gasteiger partial charge in [-0.05, 0) is 31.5 Å². The molecule has 1 heterocycles. The molecule has 5 heteroatoms. The van der Waals surface area contributed by atoms with E-state index in [4.69, 9.17) is 23.2 Å². The lowest BCUT2D eigenvalue weighted by Crippen LogP contribution is -2.41. The largest absolute Gasteiger partial charge is 0.333 e. The summed E-state index contributed by atoms with van der Waals surface area (Å²) in [6.07, 6.45) is 0. The Kier molecular flexibility index (Phi) is 6.03. The summed E-state index contributed by atoms with van der Waals surface area (Å²) in [7, 11) is 0. The summed E-state index contributed by atoms with van der Waals surface area (Å²) >= 11 is 12.5. The summed E-state index contributed by atoms with van der Waals surface area (Å²) in [5.41, 5.74) is 2.06. The molecule has 0 saturated heterocycles. The Hall–Kier alpha value is -2.10. The number of halogens is 2. The molecule has 2 aromatic carbocycles. The zero-order valence-electron chi connectivity index (χ0n) is 15.5. The fourth-order valence-electron chi connectivity index (χ4n) is 2.94. The van der Waals surface area contributed by atoms with Crippen LogP contribution in [0, 0.1) is 5.41 Å². The van der Waals surface area contributed by atoms with Crippen molar-refractivity contribution in [1.29, 1.82) is 0 Å². The van der Waals surface area contributed by atoms with Crippen LogP contribution in [-0.4, -0.2) is 21.7 Å². The third-order valence-corrected chi connectivity index (χ3v) is 5.52. The number of carbonyl (C=O) groups is 1. The van der Waals surface area contributed by atoms with Gasteiger partial charge in [-0.1, -0.05) is 60.1 Å². The number of pyridine rings is 1. The average molecular weight is 401 g/mol. The maximum atomic E-state index is 13.2. The molecule has 0 aliphatic rings. The van der Waals surface area contributed by atoms with Gasteiger partial charge in [-0.25, -0.2) is 4.98 Å². The predicted molar refractivity (Wildman–Crippen MR) is 112 cm³/mol. The lowest BCUT2D eigenvalue weighted by molar-refractivity contribution is -0.140. The van der Waals surface area contributed by atoms with E-state index in [2.05, 4.69) is 4.98 Å². The van der Waals surface area contributed by atoms with E-state index in [1.165, 1.54) is 0 Å². The highest BCUT2D eigenvalue weighted by molar-refractivity contribution is 6.30. The number of rotatable bonds is 6. The van der Waals surface area contributed by atoms with Crippen LogP contribution in [0.4, 0.5) is 0 Å². The molecular formula is C22H22Cl2N2O. The minimum Gasteiger partial charge on any atom is -0.333 e. The number of para-hydroxylation sites is 1. The normalized spacial score (nSPS) is 11.6. The van der Waals surface area contributed by atoms with Crippen LogP contribution >= 0.6 is 23.2 Å². The van der Waals surface area contributed by atoms with E-state index in [1.807, 2.05) is 74.5 Å². The molecule has 3 aromatic rings. The lowest BCUT2D eigenvalue weighted by atomic mass is 9.93. The molecule has 0 radical (unpaired) electrons. The van der Waals surface area contributed by atoms with Gasteiger partial charge in [-0.3, -0.25) is 4.79 Å². The molecule has 0 fully saturated rings. The zero-order chi connectivity index (χ0) is 19.4. The zero-order valence-corrected chi connectivity index (χ0v) is 17.0. The third kappa shape index (κ3) is 4.60. The molecule has 0 aliphatic carbocycles. The van der Waals surface area contributed by atoms with Crippen molar-refractivity contribution in [3.8, 4) is 0 Å². The number of alkyl halides is 1. The number of carbonyl (C=O) groups excluding carboxylic acids is 1. The summed E-state index contributed by atoms with van der Waals surface area (Å²) in [6, 6.07) is 19.7. The second kappa shape index (κ2) is 8.28. The van der Waals surface area contributed by atoms with Crippen LogP contribution in [0.3, 0.4) is 0 Å². The van der Waals surface area contributed by atoms with Crippen molar-refractivity contribution in [2.24, 2.45) is 5.41 Å². The van der Waals surface area contributed by atoms with Crippen molar-refractivity contribution in [3.05, 3.63) is 76.9 Å². The molecule has 0 bridgehead atoms. The van der Waals surface area contributed by atoms with Crippen molar-refractivity contribution in [2.75, 3.05) is 5.88 Å². The Bertz CT molecular complexity index is 941. The molecule has 27 heavy (non-hydrogen) atoms. The Morgan fingerprint density at radius 2 is 1.70 bits per heavy atom. The van der Waals surface area contributed by atoms with Crippen molar-refractivity contribution < 1.29 is 4.79 Å². The van der Waals surface area contributed by atoms with Gasteiger partial charge in [0.25, 0.3) is 0 Å². The average Bonchev–Trinajstić information content (AvgIpc) is 2.68. The number of amides is 1. The van der Waals surface area contributed by atoms with E-state index in [-0.39, 0.29) is 11.8 Å². The fraction of sp³-hybridized carbons (Fsp3) is 0.273. The molecule has 140 valence electrons.